The van der Waals surface area contributed by atoms with Crippen LogP contribution in [0.2, 0.25) is 0 Å². The molecule has 0 saturated carbocycles. The van der Waals surface area contributed by atoms with E-state index < -0.39 is 0 Å². The van der Waals surface area contributed by atoms with Crippen LogP contribution < -0.4 is 0 Å². The molecule has 0 bridgehead atoms. The molecular weight excluding hydrogens is 286 g/mol. The third kappa shape index (κ3) is 1.57. The Balaban J connectivity index is 1.83. The highest BCUT2D eigenvalue weighted by Gasteiger charge is 2.48. The summed E-state index contributed by atoms with van der Waals surface area (Å²) < 4.78 is 1.46. The van der Waals surface area contributed by atoms with E-state index in [1.807, 2.05) is 11.3 Å². The van der Waals surface area contributed by atoms with Gasteiger partial charge in [-0.2, -0.15) is 0 Å². The van der Waals surface area contributed by atoms with Crippen molar-refractivity contribution >= 4 is 21.4 Å². The van der Waals surface area contributed by atoms with Crippen LogP contribution in [-0.2, 0) is 12.0 Å². The molecule has 0 N–H and O–H groups in total. The number of hydrogen-bond acceptors (Lipinski definition) is 2. The summed E-state index contributed by atoms with van der Waals surface area (Å²) in [6, 6.07) is 20.1. The molecule has 2 heteroatoms. The highest BCUT2D eigenvalue weighted by atomic mass is 32.1. The quantitative estimate of drug-likeness (QED) is 0.624. The van der Waals surface area contributed by atoms with Crippen LogP contribution in [0.3, 0.4) is 0 Å². The first-order chi connectivity index (χ1) is 10.9. The van der Waals surface area contributed by atoms with Crippen LogP contribution in [0.15, 0.2) is 54.6 Å². The van der Waals surface area contributed by atoms with Gasteiger partial charge in [-0.25, -0.2) is 0 Å². The topological polar surface area (TPSA) is 3.24 Å². The zero-order valence-corrected chi connectivity index (χ0v) is 13.4. The number of rotatable bonds is 1. The molecule has 0 spiro atoms. The Bertz CT molecular complexity index is 835. The highest BCUT2D eigenvalue weighted by Crippen LogP contribution is 2.52. The number of fused-ring (bicyclic) bond motifs is 5. The maximum atomic E-state index is 2.74. The van der Waals surface area contributed by atoms with E-state index in [4.69, 9.17) is 0 Å². The molecule has 1 fully saturated rings. The Kier molecular flexibility index (Phi) is 2.73. The van der Waals surface area contributed by atoms with Crippen LogP contribution in [-0.4, -0.2) is 18.0 Å². The minimum absolute atomic E-state index is 0.137. The number of benzene rings is 2. The van der Waals surface area contributed by atoms with E-state index in [1.165, 1.54) is 48.0 Å². The van der Waals surface area contributed by atoms with Gasteiger partial charge in [0.15, 0.2) is 0 Å². The van der Waals surface area contributed by atoms with E-state index in [9.17, 15) is 0 Å². The predicted octanol–water partition coefficient (Wildman–Crippen LogP) is 4.80. The lowest BCUT2D eigenvalue weighted by Crippen LogP contribution is -2.46. The lowest BCUT2D eigenvalue weighted by molar-refractivity contribution is 0.169. The monoisotopic (exact) mass is 305 g/mol. The number of nitrogens with zero attached hydrogens (tertiary/aromatic N) is 1. The van der Waals surface area contributed by atoms with Gasteiger partial charge in [-0.3, -0.25) is 4.90 Å². The van der Waals surface area contributed by atoms with Crippen molar-refractivity contribution in [2.45, 2.75) is 24.8 Å². The van der Waals surface area contributed by atoms with Gasteiger partial charge >= 0.3 is 0 Å². The van der Waals surface area contributed by atoms with Crippen LogP contribution in [0, 0.1) is 0 Å². The van der Waals surface area contributed by atoms with Crippen molar-refractivity contribution in [2.75, 3.05) is 13.1 Å². The van der Waals surface area contributed by atoms with Crippen LogP contribution in [0.4, 0.5) is 0 Å². The Morgan fingerprint density at radius 3 is 2.64 bits per heavy atom. The van der Waals surface area contributed by atoms with Gasteiger partial charge in [0.2, 0.25) is 0 Å². The maximum absolute atomic E-state index is 2.74. The molecule has 3 heterocycles. The second-order valence-electron chi connectivity index (χ2n) is 6.47. The van der Waals surface area contributed by atoms with E-state index in [2.05, 4.69) is 59.5 Å². The molecule has 1 saturated heterocycles. The number of thiophene rings is 1. The molecule has 1 nitrogen and oxygen atoms in total. The summed E-state index contributed by atoms with van der Waals surface area (Å²) in [5, 5.41) is 1.49. The Morgan fingerprint density at radius 1 is 0.909 bits per heavy atom. The number of hydrogen-bond donors (Lipinski definition) is 0. The third-order valence-electron chi connectivity index (χ3n) is 5.46. The van der Waals surface area contributed by atoms with Crippen molar-refractivity contribution < 1.29 is 0 Å². The van der Waals surface area contributed by atoms with Crippen LogP contribution in [0.1, 0.15) is 28.8 Å². The van der Waals surface area contributed by atoms with Gasteiger partial charge in [0.25, 0.3) is 0 Å². The van der Waals surface area contributed by atoms with Crippen molar-refractivity contribution in [3.63, 3.8) is 0 Å². The molecule has 0 radical (unpaired) electrons. The molecule has 2 aliphatic rings. The first kappa shape index (κ1) is 12.9. The summed E-state index contributed by atoms with van der Waals surface area (Å²) in [7, 11) is 0. The lowest BCUT2D eigenvalue weighted by atomic mass is 9.80. The van der Waals surface area contributed by atoms with Crippen molar-refractivity contribution in [1.82, 2.24) is 4.90 Å². The normalized spacial score (nSPS) is 24.4. The summed E-state index contributed by atoms with van der Waals surface area (Å²) in [5.74, 6) is 0. The molecule has 5 rings (SSSR count). The van der Waals surface area contributed by atoms with E-state index in [-0.39, 0.29) is 5.54 Å². The fraction of sp³-hybridized carbons (Fsp3) is 0.300. The lowest BCUT2D eigenvalue weighted by Gasteiger charge is -2.42. The summed E-state index contributed by atoms with van der Waals surface area (Å²) in [5.41, 5.74) is 3.24. The smallest absolute Gasteiger partial charge is 0.0812 e. The maximum Gasteiger partial charge on any atom is 0.0812 e. The van der Waals surface area contributed by atoms with Gasteiger partial charge in [-0.05, 0) is 48.4 Å². The average molecular weight is 305 g/mol. The average Bonchev–Trinajstić information content (AvgIpc) is 3.17. The van der Waals surface area contributed by atoms with Crippen molar-refractivity contribution in [3.8, 4) is 0 Å². The van der Waals surface area contributed by atoms with Crippen molar-refractivity contribution in [2.24, 2.45) is 0 Å². The predicted molar refractivity (Wildman–Crippen MR) is 93.6 cm³/mol. The molecule has 0 aliphatic carbocycles. The minimum Gasteiger partial charge on any atom is -0.289 e. The molecule has 1 aromatic heterocycles. The van der Waals surface area contributed by atoms with Crippen LogP contribution in [0.25, 0.3) is 10.1 Å². The van der Waals surface area contributed by atoms with Crippen LogP contribution in [0.5, 0.6) is 0 Å². The molecule has 3 aromatic rings. The molecule has 2 aliphatic heterocycles. The second kappa shape index (κ2) is 4.68. The van der Waals surface area contributed by atoms with Crippen molar-refractivity contribution in [3.05, 3.63) is 70.6 Å². The van der Waals surface area contributed by atoms with E-state index in [1.54, 1.807) is 10.4 Å². The van der Waals surface area contributed by atoms with Crippen molar-refractivity contribution in [1.29, 1.82) is 0 Å². The first-order valence-corrected chi connectivity index (χ1v) is 9.03. The zero-order chi connectivity index (χ0) is 14.6. The van der Waals surface area contributed by atoms with Gasteiger partial charge in [0.1, 0.15) is 0 Å². The largest absolute Gasteiger partial charge is 0.289 e. The second-order valence-corrected chi connectivity index (χ2v) is 7.52. The fourth-order valence-corrected chi connectivity index (χ4v) is 6.06. The first-order valence-electron chi connectivity index (χ1n) is 8.21. The van der Waals surface area contributed by atoms with Gasteiger partial charge in [0, 0.05) is 16.1 Å². The summed E-state index contributed by atoms with van der Waals surface area (Å²) in [6.45, 7) is 2.44. The Labute approximate surface area is 135 Å². The third-order valence-corrected chi connectivity index (χ3v) is 6.83. The molecule has 0 amide bonds. The summed E-state index contributed by atoms with van der Waals surface area (Å²) in [6.07, 6.45) is 3.77. The molecule has 22 heavy (non-hydrogen) atoms. The SMILES string of the molecule is c1ccc(C23CCCN2CCc2c3sc3ccccc23)cc1. The zero-order valence-electron chi connectivity index (χ0n) is 12.6. The van der Waals surface area contributed by atoms with E-state index in [0.717, 1.165) is 0 Å². The molecule has 1 atom stereocenters. The fourth-order valence-electron chi connectivity index (χ4n) is 4.53. The van der Waals surface area contributed by atoms with E-state index >= 15 is 0 Å². The van der Waals surface area contributed by atoms with Gasteiger partial charge in [-0.15, -0.1) is 11.3 Å². The van der Waals surface area contributed by atoms with Gasteiger partial charge in [0.05, 0.1) is 5.54 Å². The highest BCUT2D eigenvalue weighted by molar-refractivity contribution is 7.19. The molecule has 1 unspecified atom stereocenters. The molecular formula is C20H19NS. The van der Waals surface area contributed by atoms with E-state index in [0.29, 0.717) is 0 Å². The Morgan fingerprint density at radius 2 is 1.73 bits per heavy atom. The Hall–Kier alpha value is -1.64. The van der Waals surface area contributed by atoms with Gasteiger partial charge < -0.3 is 0 Å². The summed E-state index contributed by atoms with van der Waals surface area (Å²) >= 11 is 2.03. The summed E-state index contributed by atoms with van der Waals surface area (Å²) in [4.78, 5) is 4.35. The standard InChI is InChI=1S/C20H19NS/c1-2-7-15(8-3-1)20-12-6-13-21(20)14-11-17-16-9-4-5-10-18(16)22-19(17)20/h1-5,7-10H,6,11-14H2. The molecule has 2 aromatic carbocycles. The minimum atomic E-state index is 0.137. The van der Waals surface area contributed by atoms with Crippen LogP contribution >= 0.6 is 11.3 Å². The molecule has 110 valence electrons. The van der Waals surface area contributed by atoms with Gasteiger partial charge in [-0.1, -0.05) is 48.5 Å².